The average molecular weight is 321 g/mol. The number of anilines is 1. The van der Waals surface area contributed by atoms with Crippen LogP contribution >= 0.6 is 0 Å². The van der Waals surface area contributed by atoms with E-state index in [1.807, 2.05) is 0 Å². The maximum atomic E-state index is 13.0. The Hall–Kier alpha value is -2.96. The summed E-state index contributed by atoms with van der Waals surface area (Å²) in [5.41, 5.74) is 0.0616. The molecule has 0 aliphatic rings. The van der Waals surface area contributed by atoms with E-state index in [2.05, 4.69) is 5.32 Å². The van der Waals surface area contributed by atoms with E-state index in [0.29, 0.717) is 11.5 Å². The summed E-state index contributed by atoms with van der Waals surface area (Å²) < 4.78 is 35.7. The number of halogens is 2. The molecule has 5 nitrogen and oxygen atoms in total. The molecule has 2 rings (SSSR count). The molecule has 0 bridgehead atoms. The first-order valence-electron chi connectivity index (χ1n) is 6.60. The molecule has 1 aromatic heterocycles. The predicted octanol–water partition coefficient (Wildman–Crippen LogP) is 3.06. The maximum Gasteiger partial charge on any atom is 0.331 e. The summed E-state index contributed by atoms with van der Waals surface area (Å²) >= 11 is 0. The number of hydrogen-bond donors (Lipinski definition) is 1. The molecule has 0 saturated heterocycles. The first kappa shape index (κ1) is 16.4. The molecule has 0 spiro atoms. The van der Waals surface area contributed by atoms with Gasteiger partial charge >= 0.3 is 5.97 Å². The van der Waals surface area contributed by atoms with Crippen molar-refractivity contribution >= 4 is 23.6 Å². The van der Waals surface area contributed by atoms with E-state index >= 15 is 0 Å². The fraction of sp³-hybridized carbons (Fsp3) is 0.125. The summed E-state index contributed by atoms with van der Waals surface area (Å²) in [5.74, 6) is -2.34. The van der Waals surface area contributed by atoms with Gasteiger partial charge in [0.2, 0.25) is 0 Å². The molecule has 23 heavy (non-hydrogen) atoms. The molecule has 0 saturated carbocycles. The molecule has 0 atom stereocenters. The second kappa shape index (κ2) is 7.35. The second-order valence-electron chi connectivity index (χ2n) is 4.57. The third-order valence-electron chi connectivity index (χ3n) is 2.69. The van der Waals surface area contributed by atoms with Crippen molar-refractivity contribution in [3.63, 3.8) is 0 Å². The minimum Gasteiger partial charge on any atom is -0.462 e. The lowest BCUT2D eigenvalue weighted by Gasteiger charge is -2.05. The lowest BCUT2D eigenvalue weighted by atomic mass is 10.3. The van der Waals surface area contributed by atoms with Gasteiger partial charge < -0.3 is 14.5 Å². The molecule has 0 fully saturated rings. The second-order valence-corrected chi connectivity index (χ2v) is 4.57. The van der Waals surface area contributed by atoms with E-state index in [-0.39, 0.29) is 5.69 Å². The van der Waals surface area contributed by atoms with Gasteiger partial charge in [0.25, 0.3) is 5.91 Å². The van der Waals surface area contributed by atoms with Crippen LogP contribution < -0.4 is 5.32 Å². The van der Waals surface area contributed by atoms with Gasteiger partial charge in [-0.15, -0.1) is 0 Å². The molecule has 7 heteroatoms. The van der Waals surface area contributed by atoms with Gasteiger partial charge in [-0.2, -0.15) is 0 Å². The molecule has 1 amide bonds. The summed E-state index contributed by atoms with van der Waals surface area (Å²) in [6.07, 6.45) is 2.52. The number of carbonyl (C=O) groups is 2. The zero-order chi connectivity index (χ0) is 16.8. The molecule has 1 N–H and O–H groups in total. The molecular weight excluding hydrogens is 308 g/mol. The van der Waals surface area contributed by atoms with Gasteiger partial charge in [-0.1, -0.05) is 0 Å². The standard InChI is InChI=1S/C16H13F2NO4/c1-10-2-4-12(23-10)5-7-16(21)22-9-15(20)19-11-3-6-13(17)14(18)8-11/h2-8H,9H2,1H3,(H,19,20)/b7-5+. The van der Waals surface area contributed by atoms with Gasteiger partial charge in [-0.05, 0) is 37.3 Å². The maximum absolute atomic E-state index is 13.0. The number of rotatable bonds is 5. The van der Waals surface area contributed by atoms with Crippen molar-refractivity contribution in [3.05, 3.63) is 59.6 Å². The normalized spacial score (nSPS) is 10.7. The number of furan rings is 1. The monoisotopic (exact) mass is 321 g/mol. The van der Waals surface area contributed by atoms with Crippen LogP contribution in [0.2, 0.25) is 0 Å². The van der Waals surface area contributed by atoms with Crippen LogP contribution in [0.1, 0.15) is 11.5 Å². The summed E-state index contributed by atoms with van der Waals surface area (Å²) in [6, 6.07) is 6.31. The first-order valence-corrected chi connectivity index (χ1v) is 6.60. The van der Waals surface area contributed by atoms with Gasteiger partial charge in [-0.3, -0.25) is 4.79 Å². The van der Waals surface area contributed by atoms with Gasteiger partial charge in [0.15, 0.2) is 18.2 Å². The van der Waals surface area contributed by atoms with Crippen LogP contribution in [0.3, 0.4) is 0 Å². The van der Waals surface area contributed by atoms with Gasteiger partial charge in [0.1, 0.15) is 11.5 Å². The topological polar surface area (TPSA) is 68.5 Å². The van der Waals surface area contributed by atoms with E-state index in [1.54, 1.807) is 19.1 Å². The van der Waals surface area contributed by atoms with Crippen LogP contribution in [0.5, 0.6) is 0 Å². The zero-order valence-electron chi connectivity index (χ0n) is 12.1. The molecule has 0 radical (unpaired) electrons. The minimum absolute atomic E-state index is 0.0616. The molecule has 0 unspecified atom stereocenters. The Balaban J connectivity index is 1.80. The summed E-state index contributed by atoms with van der Waals surface area (Å²) in [7, 11) is 0. The Labute approximate surface area is 130 Å². The summed E-state index contributed by atoms with van der Waals surface area (Å²) in [4.78, 5) is 23.0. The van der Waals surface area contributed by atoms with Gasteiger partial charge in [-0.25, -0.2) is 13.6 Å². The Bertz CT molecular complexity index is 752. The molecule has 0 aliphatic heterocycles. The number of esters is 1. The predicted molar refractivity (Wildman–Crippen MR) is 78.4 cm³/mol. The molecular formula is C16H13F2NO4. The van der Waals surface area contributed by atoms with Crippen molar-refractivity contribution in [2.24, 2.45) is 0 Å². The van der Waals surface area contributed by atoms with E-state index in [4.69, 9.17) is 9.15 Å². The van der Waals surface area contributed by atoms with Crippen LogP contribution in [0.4, 0.5) is 14.5 Å². The first-order chi connectivity index (χ1) is 10.9. The van der Waals surface area contributed by atoms with Crippen molar-refractivity contribution in [1.29, 1.82) is 0 Å². The zero-order valence-corrected chi connectivity index (χ0v) is 12.1. The number of amides is 1. The Morgan fingerprint density at radius 1 is 1.22 bits per heavy atom. The van der Waals surface area contributed by atoms with Crippen LogP contribution in [0, 0.1) is 18.6 Å². The lowest BCUT2D eigenvalue weighted by Crippen LogP contribution is -2.20. The van der Waals surface area contributed by atoms with E-state index < -0.39 is 30.1 Å². The minimum atomic E-state index is -1.09. The average Bonchev–Trinajstić information content (AvgIpc) is 2.92. The number of hydrogen-bond acceptors (Lipinski definition) is 4. The number of carbonyl (C=O) groups excluding carboxylic acids is 2. The molecule has 120 valence electrons. The van der Waals surface area contributed by atoms with Crippen molar-refractivity contribution in [2.45, 2.75) is 6.92 Å². The van der Waals surface area contributed by atoms with Crippen LogP contribution in [0.25, 0.3) is 6.08 Å². The smallest absolute Gasteiger partial charge is 0.331 e. The van der Waals surface area contributed by atoms with Crippen molar-refractivity contribution in [2.75, 3.05) is 11.9 Å². The molecule has 1 aromatic carbocycles. The summed E-state index contributed by atoms with van der Waals surface area (Å²) in [5, 5.41) is 2.28. The van der Waals surface area contributed by atoms with Crippen molar-refractivity contribution in [3.8, 4) is 0 Å². The molecule has 2 aromatic rings. The lowest BCUT2D eigenvalue weighted by molar-refractivity contribution is -0.142. The van der Waals surface area contributed by atoms with E-state index in [1.165, 1.54) is 12.1 Å². The van der Waals surface area contributed by atoms with E-state index in [9.17, 15) is 18.4 Å². The number of benzene rings is 1. The van der Waals surface area contributed by atoms with Gasteiger partial charge in [0, 0.05) is 17.8 Å². The van der Waals surface area contributed by atoms with Crippen molar-refractivity contribution < 1.29 is 27.5 Å². The highest BCUT2D eigenvalue weighted by Crippen LogP contribution is 2.13. The quantitative estimate of drug-likeness (QED) is 0.679. The van der Waals surface area contributed by atoms with Crippen LogP contribution in [-0.2, 0) is 14.3 Å². The fourth-order valence-electron chi connectivity index (χ4n) is 1.65. The highest BCUT2D eigenvalue weighted by atomic mass is 19.2. The Morgan fingerprint density at radius 2 is 2.00 bits per heavy atom. The van der Waals surface area contributed by atoms with Crippen LogP contribution in [0.15, 0.2) is 40.8 Å². The SMILES string of the molecule is Cc1ccc(/C=C/C(=O)OCC(=O)Nc2ccc(F)c(F)c2)o1. The highest BCUT2D eigenvalue weighted by molar-refractivity contribution is 5.94. The largest absolute Gasteiger partial charge is 0.462 e. The third-order valence-corrected chi connectivity index (χ3v) is 2.69. The summed E-state index contributed by atoms with van der Waals surface area (Å²) in [6.45, 7) is 1.21. The van der Waals surface area contributed by atoms with Crippen molar-refractivity contribution in [1.82, 2.24) is 0 Å². The molecule has 0 aliphatic carbocycles. The van der Waals surface area contributed by atoms with Crippen LogP contribution in [-0.4, -0.2) is 18.5 Å². The van der Waals surface area contributed by atoms with Gasteiger partial charge in [0.05, 0.1) is 0 Å². The Kier molecular flexibility index (Phi) is 5.24. The number of ether oxygens (including phenoxy) is 1. The number of aryl methyl sites for hydroxylation is 1. The number of nitrogens with one attached hydrogen (secondary N) is 1. The molecule has 1 heterocycles. The highest BCUT2D eigenvalue weighted by Gasteiger charge is 2.08. The Morgan fingerprint density at radius 3 is 2.65 bits per heavy atom. The fourth-order valence-corrected chi connectivity index (χ4v) is 1.65. The van der Waals surface area contributed by atoms with E-state index in [0.717, 1.165) is 18.2 Å². The third kappa shape index (κ3) is 5.06.